The van der Waals surface area contributed by atoms with Crippen molar-refractivity contribution in [2.75, 3.05) is 13.1 Å². The molecule has 1 aliphatic rings. The number of amides is 1. The Balaban J connectivity index is 2.04. The molecule has 1 aromatic heterocycles. The van der Waals surface area contributed by atoms with Crippen LogP contribution in [0.25, 0.3) is 0 Å². The monoisotopic (exact) mass is 307 g/mol. The van der Waals surface area contributed by atoms with Gasteiger partial charge in [0.15, 0.2) is 0 Å². The van der Waals surface area contributed by atoms with Crippen LogP contribution in [0.2, 0.25) is 0 Å². The van der Waals surface area contributed by atoms with E-state index < -0.39 is 10.5 Å². The number of hydrogen-bond acceptors (Lipinski definition) is 5. The van der Waals surface area contributed by atoms with Gasteiger partial charge in [0.25, 0.3) is 5.69 Å². The van der Waals surface area contributed by atoms with E-state index in [1.54, 1.807) is 11.0 Å². The molecule has 7 nitrogen and oxygen atoms in total. The summed E-state index contributed by atoms with van der Waals surface area (Å²) < 4.78 is 5.39. The molecule has 1 atom stereocenters. The first-order valence-corrected chi connectivity index (χ1v) is 7.34. The van der Waals surface area contributed by atoms with Gasteiger partial charge in [-0.25, -0.2) is 4.79 Å². The lowest BCUT2D eigenvalue weighted by molar-refractivity contribution is -0.385. The van der Waals surface area contributed by atoms with Crippen molar-refractivity contribution in [2.45, 2.75) is 45.1 Å². The van der Waals surface area contributed by atoms with Gasteiger partial charge in [0.2, 0.25) is 0 Å². The van der Waals surface area contributed by atoms with Gasteiger partial charge in [-0.15, -0.1) is 0 Å². The Hall–Kier alpha value is -2.18. The first kappa shape index (κ1) is 16.2. The van der Waals surface area contributed by atoms with E-state index in [1.165, 1.54) is 12.3 Å². The number of likely N-dealkylation sites (tertiary alicyclic amines) is 1. The minimum Gasteiger partial charge on any atom is -0.444 e. The van der Waals surface area contributed by atoms with Crippen LogP contribution in [0.3, 0.4) is 0 Å². The van der Waals surface area contributed by atoms with Crippen molar-refractivity contribution >= 4 is 11.8 Å². The van der Waals surface area contributed by atoms with Crippen LogP contribution in [0.4, 0.5) is 10.5 Å². The normalized spacial score (nSPS) is 18.9. The summed E-state index contributed by atoms with van der Waals surface area (Å²) in [4.78, 5) is 28.2. The van der Waals surface area contributed by atoms with Crippen LogP contribution in [-0.4, -0.2) is 39.6 Å². The molecular weight excluding hydrogens is 286 g/mol. The van der Waals surface area contributed by atoms with Gasteiger partial charge in [-0.05, 0) is 39.7 Å². The molecule has 7 heteroatoms. The number of nitrogens with zero attached hydrogens (tertiary/aromatic N) is 3. The number of aromatic nitrogens is 1. The SMILES string of the molecule is CC(C)(C)OC(=O)N1CCC[C@@H](c2ccc([N+](=O)[O-])cn2)C1. The van der Waals surface area contributed by atoms with E-state index in [9.17, 15) is 14.9 Å². The molecule has 1 fully saturated rings. The highest BCUT2D eigenvalue weighted by molar-refractivity contribution is 5.68. The van der Waals surface area contributed by atoms with Gasteiger partial charge in [-0.2, -0.15) is 0 Å². The Labute approximate surface area is 129 Å². The van der Waals surface area contributed by atoms with E-state index in [0.717, 1.165) is 18.5 Å². The first-order valence-electron chi connectivity index (χ1n) is 7.34. The minimum absolute atomic E-state index is 0.0245. The summed E-state index contributed by atoms with van der Waals surface area (Å²) in [6.45, 7) is 6.71. The number of nitro groups is 1. The Kier molecular flexibility index (Phi) is 4.63. The molecule has 22 heavy (non-hydrogen) atoms. The lowest BCUT2D eigenvalue weighted by atomic mass is 9.94. The molecule has 0 spiro atoms. The largest absolute Gasteiger partial charge is 0.444 e. The molecule has 2 rings (SSSR count). The lowest BCUT2D eigenvalue weighted by Gasteiger charge is -2.33. The lowest BCUT2D eigenvalue weighted by Crippen LogP contribution is -2.42. The van der Waals surface area contributed by atoms with E-state index in [4.69, 9.17) is 4.74 Å². The van der Waals surface area contributed by atoms with Crippen molar-refractivity contribution < 1.29 is 14.5 Å². The van der Waals surface area contributed by atoms with Gasteiger partial charge in [0.05, 0.1) is 4.92 Å². The minimum atomic E-state index is -0.518. The topological polar surface area (TPSA) is 85.6 Å². The summed E-state index contributed by atoms with van der Waals surface area (Å²) in [5, 5.41) is 10.7. The van der Waals surface area contributed by atoms with Gasteiger partial charge in [-0.1, -0.05) is 0 Å². The third kappa shape index (κ3) is 4.16. The molecule has 0 bridgehead atoms. The van der Waals surface area contributed by atoms with E-state index in [1.807, 2.05) is 20.8 Å². The van der Waals surface area contributed by atoms with Gasteiger partial charge < -0.3 is 9.64 Å². The predicted octanol–water partition coefficient (Wildman–Crippen LogP) is 3.10. The molecule has 120 valence electrons. The van der Waals surface area contributed by atoms with Crippen LogP contribution in [0.15, 0.2) is 18.3 Å². The molecule has 2 heterocycles. The van der Waals surface area contributed by atoms with E-state index in [-0.39, 0.29) is 17.7 Å². The number of piperidine rings is 1. The third-order valence-electron chi connectivity index (χ3n) is 3.47. The molecule has 1 aliphatic heterocycles. The summed E-state index contributed by atoms with van der Waals surface area (Å²) in [7, 11) is 0. The zero-order chi connectivity index (χ0) is 16.3. The number of pyridine rings is 1. The van der Waals surface area contributed by atoms with Gasteiger partial charge in [0.1, 0.15) is 11.8 Å². The molecule has 0 radical (unpaired) electrons. The van der Waals surface area contributed by atoms with E-state index in [0.29, 0.717) is 13.1 Å². The summed E-state index contributed by atoms with van der Waals surface area (Å²) in [5.74, 6) is 0.0853. The summed E-state index contributed by atoms with van der Waals surface area (Å²) in [6.07, 6.45) is 2.72. The average molecular weight is 307 g/mol. The van der Waals surface area contributed by atoms with Gasteiger partial charge >= 0.3 is 6.09 Å². The molecule has 0 N–H and O–H groups in total. The zero-order valence-corrected chi connectivity index (χ0v) is 13.1. The number of carbonyl (C=O) groups excluding carboxylic acids is 1. The van der Waals surface area contributed by atoms with Crippen molar-refractivity contribution in [1.29, 1.82) is 0 Å². The number of rotatable bonds is 2. The van der Waals surface area contributed by atoms with Crippen LogP contribution in [0.5, 0.6) is 0 Å². The van der Waals surface area contributed by atoms with Crippen LogP contribution < -0.4 is 0 Å². The van der Waals surface area contributed by atoms with E-state index >= 15 is 0 Å². The maximum absolute atomic E-state index is 12.1. The molecule has 0 saturated carbocycles. The zero-order valence-electron chi connectivity index (χ0n) is 13.1. The fourth-order valence-electron chi connectivity index (χ4n) is 2.46. The maximum Gasteiger partial charge on any atom is 0.410 e. The highest BCUT2D eigenvalue weighted by Crippen LogP contribution is 2.27. The highest BCUT2D eigenvalue weighted by atomic mass is 16.6. The van der Waals surface area contributed by atoms with E-state index in [2.05, 4.69) is 4.98 Å². The second-order valence-corrected chi connectivity index (χ2v) is 6.46. The molecule has 0 aromatic carbocycles. The Bertz CT molecular complexity index is 551. The second kappa shape index (κ2) is 6.29. The van der Waals surface area contributed by atoms with Crippen LogP contribution in [0.1, 0.15) is 45.2 Å². The van der Waals surface area contributed by atoms with Crippen molar-refractivity contribution in [3.63, 3.8) is 0 Å². The van der Waals surface area contributed by atoms with Crippen molar-refractivity contribution in [3.8, 4) is 0 Å². The molecule has 1 aromatic rings. The Morgan fingerprint density at radius 3 is 2.73 bits per heavy atom. The van der Waals surface area contributed by atoms with Crippen LogP contribution in [-0.2, 0) is 4.74 Å². The molecule has 0 aliphatic carbocycles. The third-order valence-corrected chi connectivity index (χ3v) is 3.47. The highest BCUT2D eigenvalue weighted by Gasteiger charge is 2.29. The number of hydrogen-bond donors (Lipinski definition) is 0. The molecule has 1 amide bonds. The maximum atomic E-state index is 12.1. The number of carbonyl (C=O) groups is 1. The van der Waals surface area contributed by atoms with Gasteiger partial charge in [0, 0.05) is 30.8 Å². The standard InChI is InChI=1S/C15H21N3O4/c1-15(2,3)22-14(19)17-8-4-5-11(10-17)13-7-6-12(9-16-13)18(20)21/h6-7,9,11H,4-5,8,10H2,1-3H3/t11-/m1/s1. The van der Waals surface area contributed by atoms with Crippen LogP contribution in [0, 0.1) is 10.1 Å². The van der Waals surface area contributed by atoms with Gasteiger partial charge in [-0.3, -0.25) is 15.1 Å². The molecule has 0 unspecified atom stereocenters. The summed E-state index contributed by atoms with van der Waals surface area (Å²) in [6, 6.07) is 3.12. The quantitative estimate of drug-likeness (QED) is 0.619. The fourth-order valence-corrected chi connectivity index (χ4v) is 2.46. The first-order chi connectivity index (χ1) is 10.3. The summed E-state index contributed by atoms with van der Waals surface area (Å²) >= 11 is 0. The molecule has 1 saturated heterocycles. The van der Waals surface area contributed by atoms with Crippen molar-refractivity contribution in [3.05, 3.63) is 34.1 Å². The molecular formula is C15H21N3O4. The smallest absolute Gasteiger partial charge is 0.410 e. The fraction of sp³-hybridized carbons (Fsp3) is 0.600. The van der Waals surface area contributed by atoms with Crippen LogP contribution >= 0.6 is 0 Å². The second-order valence-electron chi connectivity index (χ2n) is 6.46. The Morgan fingerprint density at radius 2 is 2.18 bits per heavy atom. The van der Waals surface area contributed by atoms with Crippen molar-refractivity contribution in [1.82, 2.24) is 9.88 Å². The predicted molar refractivity (Wildman–Crippen MR) is 80.7 cm³/mol. The van der Waals surface area contributed by atoms with Crippen molar-refractivity contribution in [2.24, 2.45) is 0 Å². The summed E-state index contributed by atoms with van der Waals surface area (Å²) in [5.41, 5.74) is 0.234. The Morgan fingerprint density at radius 1 is 1.45 bits per heavy atom. The number of ether oxygens (including phenoxy) is 1. The average Bonchev–Trinajstić information content (AvgIpc) is 2.46.